The van der Waals surface area contributed by atoms with Gasteiger partial charge in [0.15, 0.2) is 0 Å². The van der Waals surface area contributed by atoms with Gasteiger partial charge in [-0.05, 0) is 23.9 Å². The third-order valence-corrected chi connectivity index (χ3v) is 7.18. The Hall–Kier alpha value is -3.58. The summed E-state index contributed by atoms with van der Waals surface area (Å²) in [6.45, 7) is 0.403. The number of carbonyl (C=O) groups excluding carboxylic acids is 3. The maximum Gasteiger partial charge on any atom is 0.410 e. The number of hydrogen-bond donors (Lipinski definition) is 0. The zero-order chi connectivity index (χ0) is 22.7. The van der Waals surface area contributed by atoms with Crippen molar-refractivity contribution in [2.24, 2.45) is 0 Å². The molecule has 0 N–H and O–H groups in total. The molecular weight excluding hydrogens is 442 g/mol. The standard InChI is InChI=1S/C25H20ClN3O4/c26-19-10-4-2-7-16(19)14-33-25(32)27-13-17-12-21(27)22-23(30)29(24(31)28(17)22)20-11-5-8-15-6-1-3-9-18(15)20/h1-11,17,21-22H,12-14H2/t17?,21?,22-/m1/s1. The Bertz CT molecular complexity index is 1310. The van der Waals surface area contributed by atoms with Crippen LogP contribution in [0.15, 0.2) is 66.7 Å². The summed E-state index contributed by atoms with van der Waals surface area (Å²) in [7, 11) is 0. The molecule has 8 heteroatoms. The summed E-state index contributed by atoms with van der Waals surface area (Å²) in [4.78, 5) is 44.2. The van der Waals surface area contributed by atoms with Crippen molar-refractivity contribution in [1.29, 1.82) is 0 Å². The summed E-state index contributed by atoms with van der Waals surface area (Å²) in [5, 5.41) is 2.32. The van der Waals surface area contributed by atoms with Crippen molar-refractivity contribution < 1.29 is 19.1 Å². The van der Waals surface area contributed by atoms with Crippen molar-refractivity contribution in [2.75, 3.05) is 11.4 Å². The van der Waals surface area contributed by atoms with Crippen molar-refractivity contribution in [2.45, 2.75) is 31.2 Å². The second kappa shape index (κ2) is 7.49. The van der Waals surface area contributed by atoms with E-state index in [1.807, 2.05) is 48.5 Å². The van der Waals surface area contributed by atoms with Gasteiger partial charge >= 0.3 is 12.1 Å². The van der Waals surface area contributed by atoms with Crippen molar-refractivity contribution in [3.8, 4) is 0 Å². The number of carbonyl (C=O) groups is 3. The number of rotatable bonds is 3. The molecule has 2 bridgehead atoms. The number of piperazine rings is 1. The van der Waals surface area contributed by atoms with E-state index < -0.39 is 18.2 Å². The van der Waals surface area contributed by atoms with Gasteiger partial charge in [-0.15, -0.1) is 0 Å². The maximum absolute atomic E-state index is 13.5. The number of likely N-dealkylation sites (tertiary alicyclic amines) is 1. The number of ether oxygens (including phenoxy) is 1. The molecule has 4 amide bonds. The topological polar surface area (TPSA) is 70.2 Å². The molecule has 0 spiro atoms. The molecule has 3 aromatic rings. The lowest BCUT2D eigenvalue weighted by Gasteiger charge is -2.34. The number of hydrogen-bond acceptors (Lipinski definition) is 4. The van der Waals surface area contributed by atoms with E-state index in [0.29, 0.717) is 29.2 Å². The van der Waals surface area contributed by atoms with Crippen molar-refractivity contribution in [1.82, 2.24) is 9.80 Å². The largest absolute Gasteiger partial charge is 0.444 e. The van der Waals surface area contributed by atoms with Crippen LogP contribution in [0.4, 0.5) is 15.3 Å². The summed E-state index contributed by atoms with van der Waals surface area (Å²) < 4.78 is 5.50. The number of urea groups is 1. The van der Waals surface area contributed by atoms with E-state index in [0.717, 1.165) is 10.8 Å². The quantitative estimate of drug-likeness (QED) is 0.541. The van der Waals surface area contributed by atoms with Gasteiger partial charge in [0.2, 0.25) is 0 Å². The summed E-state index contributed by atoms with van der Waals surface area (Å²) >= 11 is 6.16. The summed E-state index contributed by atoms with van der Waals surface area (Å²) in [5.74, 6) is -0.299. The first kappa shape index (κ1) is 20.1. The molecule has 2 unspecified atom stereocenters. The number of imide groups is 1. The lowest BCUT2D eigenvalue weighted by atomic mass is 10.1. The molecule has 3 saturated heterocycles. The highest BCUT2D eigenvalue weighted by Crippen LogP contribution is 2.43. The fourth-order valence-electron chi connectivity index (χ4n) is 5.33. The van der Waals surface area contributed by atoms with Crippen LogP contribution in [0, 0.1) is 0 Å². The minimum Gasteiger partial charge on any atom is -0.444 e. The second-order valence-electron chi connectivity index (χ2n) is 8.56. The smallest absolute Gasteiger partial charge is 0.410 e. The Kier molecular flexibility index (Phi) is 4.55. The second-order valence-corrected chi connectivity index (χ2v) is 8.97. The zero-order valence-corrected chi connectivity index (χ0v) is 18.3. The molecule has 0 aliphatic carbocycles. The normalized spacial score (nSPS) is 23.5. The Morgan fingerprint density at radius 1 is 1.00 bits per heavy atom. The van der Waals surface area contributed by atoms with Gasteiger partial charge in [0.1, 0.15) is 12.6 Å². The van der Waals surface area contributed by atoms with Gasteiger partial charge in [0.25, 0.3) is 5.91 Å². The zero-order valence-electron chi connectivity index (χ0n) is 17.6. The molecule has 3 aliphatic rings. The van der Waals surface area contributed by atoms with Gasteiger partial charge in [0, 0.05) is 22.5 Å². The number of halogens is 1. The fraction of sp³-hybridized carbons (Fsp3) is 0.240. The Labute approximate surface area is 195 Å². The Morgan fingerprint density at radius 3 is 2.61 bits per heavy atom. The molecule has 7 nitrogen and oxygen atoms in total. The Morgan fingerprint density at radius 2 is 1.76 bits per heavy atom. The van der Waals surface area contributed by atoms with Crippen LogP contribution in [-0.4, -0.2) is 52.5 Å². The van der Waals surface area contributed by atoms with Crippen LogP contribution in [0.1, 0.15) is 12.0 Å². The number of amides is 4. The van der Waals surface area contributed by atoms with Crippen molar-refractivity contribution in [3.63, 3.8) is 0 Å². The summed E-state index contributed by atoms with van der Waals surface area (Å²) in [6.07, 6.45) is 0.0816. The highest BCUT2D eigenvalue weighted by molar-refractivity contribution is 6.31. The van der Waals surface area contributed by atoms with Gasteiger partial charge in [-0.1, -0.05) is 66.2 Å². The van der Waals surface area contributed by atoms with Crippen LogP contribution in [0.25, 0.3) is 10.8 Å². The van der Waals surface area contributed by atoms with Crippen LogP contribution in [-0.2, 0) is 16.1 Å². The van der Waals surface area contributed by atoms with E-state index in [2.05, 4.69) is 0 Å². The number of nitrogens with zero attached hydrogens (tertiary/aromatic N) is 3. The van der Waals surface area contributed by atoms with Crippen molar-refractivity contribution >= 4 is 46.1 Å². The predicted octanol–water partition coefficient (Wildman–Crippen LogP) is 4.42. The maximum atomic E-state index is 13.5. The van der Waals surface area contributed by atoms with E-state index in [1.54, 1.807) is 28.0 Å². The van der Waals surface area contributed by atoms with E-state index in [9.17, 15) is 14.4 Å². The molecule has 0 radical (unpaired) electrons. The molecule has 3 heterocycles. The number of fused-ring (bicyclic) bond motifs is 6. The highest BCUT2D eigenvalue weighted by atomic mass is 35.5. The summed E-state index contributed by atoms with van der Waals surface area (Å²) in [5.41, 5.74) is 1.29. The van der Waals surface area contributed by atoms with Gasteiger partial charge in [0.05, 0.1) is 17.8 Å². The SMILES string of the molecule is O=C1[C@H]2C3CC(CN3C(=O)OCc3ccccc3Cl)N2C(=O)N1c1cccc2ccccc12. The molecule has 6 rings (SSSR count). The first-order chi connectivity index (χ1) is 16.0. The first-order valence-electron chi connectivity index (χ1n) is 10.9. The first-order valence-corrected chi connectivity index (χ1v) is 11.2. The monoisotopic (exact) mass is 461 g/mol. The van der Waals surface area contributed by atoms with E-state index in [-0.39, 0.29) is 24.6 Å². The lowest BCUT2D eigenvalue weighted by molar-refractivity contribution is -0.121. The minimum atomic E-state index is -0.692. The minimum absolute atomic E-state index is 0.0514. The molecule has 33 heavy (non-hydrogen) atoms. The molecule has 3 aromatic carbocycles. The van der Waals surface area contributed by atoms with Crippen LogP contribution in [0.5, 0.6) is 0 Å². The molecular formula is C25H20ClN3O4. The summed E-state index contributed by atoms with van der Waals surface area (Å²) in [6, 6.07) is 18.8. The average molecular weight is 462 g/mol. The fourth-order valence-corrected chi connectivity index (χ4v) is 5.52. The van der Waals surface area contributed by atoms with E-state index in [4.69, 9.17) is 16.3 Å². The Balaban J connectivity index is 1.25. The molecule has 166 valence electrons. The number of benzene rings is 3. The van der Waals surface area contributed by atoms with E-state index >= 15 is 0 Å². The predicted molar refractivity (Wildman–Crippen MR) is 123 cm³/mol. The van der Waals surface area contributed by atoms with Gasteiger partial charge in [-0.25, -0.2) is 14.5 Å². The van der Waals surface area contributed by atoms with Crippen LogP contribution >= 0.6 is 11.6 Å². The van der Waals surface area contributed by atoms with Crippen LogP contribution in [0.2, 0.25) is 5.02 Å². The lowest BCUT2D eigenvalue weighted by Crippen LogP contribution is -2.54. The van der Waals surface area contributed by atoms with E-state index in [1.165, 1.54) is 4.90 Å². The molecule has 0 aromatic heterocycles. The molecule has 3 fully saturated rings. The number of anilines is 1. The molecule has 0 saturated carbocycles. The van der Waals surface area contributed by atoms with Crippen molar-refractivity contribution in [3.05, 3.63) is 77.3 Å². The molecule has 3 aliphatic heterocycles. The van der Waals surface area contributed by atoms with Gasteiger partial charge in [-0.3, -0.25) is 4.79 Å². The molecule has 3 atom stereocenters. The van der Waals surface area contributed by atoms with Crippen LogP contribution in [0.3, 0.4) is 0 Å². The third kappa shape index (κ3) is 2.99. The third-order valence-electron chi connectivity index (χ3n) is 6.82. The van der Waals surface area contributed by atoms with Gasteiger partial charge < -0.3 is 14.5 Å². The highest BCUT2D eigenvalue weighted by Gasteiger charge is 2.63. The van der Waals surface area contributed by atoms with Gasteiger partial charge in [-0.2, -0.15) is 0 Å². The van der Waals surface area contributed by atoms with Crippen LogP contribution < -0.4 is 4.90 Å². The average Bonchev–Trinajstić information content (AvgIpc) is 3.49.